The average Bonchev–Trinajstić information content (AvgIpc) is 2.92. The third-order valence-corrected chi connectivity index (χ3v) is 7.56. The van der Waals surface area contributed by atoms with Gasteiger partial charge in [-0.2, -0.15) is 13.8 Å². The molecule has 1 aromatic heterocycles. The van der Waals surface area contributed by atoms with Crippen molar-refractivity contribution in [2.45, 2.75) is 58.2 Å². The van der Waals surface area contributed by atoms with E-state index in [9.17, 15) is 13.2 Å². The zero-order chi connectivity index (χ0) is 27.7. The number of halogens is 3. The molecular weight excluding hydrogens is 503 g/mol. The summed E-state index contributed by atoms with van der Waals surface area (Å²) >= 11 is 0. The summed E-state index contributed by atoms with van der Waals surface area (Å²) in [5, 5.41) is 0. The number of alkyl halides is 2. The van der Waals surface area contributed by atoms with Crippen LogP contribution in [0.1, 0.15) is 55.0 Å². The van der Waals surface area contributed by atoms with Crippen molar-refractivity contribution < 1.29 is 17.9 Å². The van der Waals surface area contributed by atoms with Crippen LogP contribution in [0.2, 0.25) is 0 Å². The monoisotopic (exact) mass is 535 g/mol. The first-order chi connectivity index (χ1) is 18.7. The second kappa shape index (κ2) is 11.1. The van der Waals surface area contributed by atoms with Crippen molar-refractivity contribution >= 4 is 11.4 Å². The Balaban J connectivity index is 1.28. The number of rotatable bonds is 7. The van der Waals surface area contributed by atoms with E-state index < -0.39 is 6.55 Å². The molecule has 0 amide bonds. The molecule has 2 aromatic carbocycles. The van der Waals surface area contributed by atoms with Crippen molar-refractivity contribution in [1.82, 2.24) is 14.9 Å². The van der Waals surface area contributed by atoms with Crippen LogP contribution in [-0.2, 0) is 0 Å². The van der Waals surface area contributed by atoms with E-state index in [0.717, 1.165) is 21.7 Å². The second-order valence-electron chi connectivity index (χ2n) is 10.1. The largest absolute Gasteiger partial charge is 0.460 e. The highest BCUT2D eigenvalue weighted by Gasteiger charge is 2.31. The van der Waals surface area contributed by atoms with Crippen LogP contribution < -0.4 is 9.64 Å². The standard InChI is InChI=1S/C30H32F3N5O/c1-18-8-5-6-11-26(18)38(29(32)33)21(4)37-14-12-24(13-15-37)39-30-34-17-25-27(36-30)19(2)20(3)35-28(25)22-9-7-10-23(31)16-22/h5-11,16-17,19-20,24,29H,4,12-15H2,1-3H3. The lowest BCUT2D eigenvalue weighted by Crippen LogP contribution is -2.44. The van der Waals surface area contributed by atoms with Crippen LogP contribution in [0, 0.1) is 12.7 Å². The fourth-order valence-electron chi connectivity index (χ4n) is 5.17. The normalized spacial score (nSPS) is 19.5. The summed E-state index contributed by atoms with van der Waals surface area (Å²) in [5.41, 5.74) is 4.15. The number of fused-ring (bicyclic) bond motifs is 1. The fraction of sp³-hybridized carbons (Fsp3) is 0.367. The van der Waals surface area contributed by atoms with Gasteiger partial charge in [-0.05, 0) is 37.6 Å². The van der Waals surface area contributed by atoms with Crippen molar-refractivity contribution in [2.24, 2.45) is 4.99 Å². The molecule has 2 unspecified atom stereocenters. The Morgan fingerprint density at radius 1 is 1.10 bits per heavy atom. The molecule has 204 valence electrons. The summed E-state index contributed by atoms with van der Waals surface area (Å²) in [6.07, 6.45) is 2.78. The Kier molecular flexibility index (Phi) is 7.59. The topological polar surface area (TPSA) is 53.9 Å². The van der Waals surface area contributed by atoms with E-state index in [2.05, 4.69) is 18.5 Å². The molecule has 0 radical (unpaired) electrons. The maximum atomic E-state index is 14.1. The van der Waals surface area contributed by atoms with Gasteiger partial charge in [0, 0.05) is 49.2 Å². The van der Waals surface area contributed by atoms with Gasteiger partial charge in [0.05, 0.1) is 23.1 Å². The number of aryl methyl sites for hydroxylation is 1. The van der Waals surface area contributed by atoms with E-state index in [0.29, 0.717) is 42.9 Å². The molecule has 3 aromatic rings. The van der Waals surface area contributed by atoms with Gasteiger partial charge in [0.15, 0.2) is 0 Å². The molecule has 2 aliphatic rings. The van der Waals surface area contributed by atoms with Gasteiger partial charge in [-0.1, -0.05) is 43.8 Å². The number of para-hydroxylation sites is 1. The lowest BCUT2D eigenvalue weighted by atomic mass is 9.88. The number of nitrogens with zero attached hydrogens (tertiary/aromatic N) is 5. The van der Waals surface area contributed by atoms with Crippen LogP contribution >= 0.6 is 0 Å². The number of aliphatic imine (C=N–C) groups is 1. The zero-order valence-electron chi connectivity index (χ0n) is 22.3. The Bertz CT molecular complexity index is 1390. The quantitative estimate of drug-likeness (QED) is 0.332. The Morgan fingerprint density at radius 2 is 1.85 bits per heavy atom. The maximum absolute atomic E-state index is 14.1. The van der Waals surface area contributed by atoms with Gasteiger partial charge in [-0.3, -0.25) is 9.89 Å². The molecule has 0 bridgehead atoms. The first-order valence-corrected chi connectivity index (χ1v) is 13.2. The number of piperidine rings is 1. The molecule has 1 saturated heterocycles. The van der Waals surface area contributed by atoms with E-state index in [1.807, 2.05) is 36.9 Å². The Hall–Kier alpha value is -3.88. The maximum Gasteiger partial charge on any atom is 0.320 e. The molecule has 9 heteroatoms. The Labute approximate surface area is 226 Å². The van der Waals surface area contributed by atoms with E-state index in [1.165, 1.54) is 12.1 Å². The van der Waals surface area contributed by atoms with Crippen molar-refractivity contribution in [3.63, 3.8) is 0 Å². The minimum absolute atomic E-state index is 0.0367. The average molecular weight is 536 g/mol. The lowest BCUT2D eigenvalue weighted by Gasteiger charge is -2.39. The summed E-state index contributed by atoms with van der Waals surface area (Å²) in [6, 6.07) is 13.7. The summed E-state index contributed by atoms with van der Waals surface area (Å²) in [7, 11) is 0. The molecule has 0 spiro atoms. The van der Waals surface area contributed by atoms with Gasteiger partial charge in [-0.15, -0.1) is 0 Å². The molecule has 5 rings (SSSR count). The van der Waals surface area contributed by atoms with Crippen molar-refractivity contribution in [3.8, 4) is 6.01 Å². The van der Waals surface area contributed by atoms with Gasteiger partial charge in [0.1, 0.15) is 17.7 Å². The Morgan fingerprint density at radius 3 is 2.54 bits per heavy atom. The molecular formula is C30H32F3N5O. The van der Waals surface area contributed by atoms with Crippen LogP contribution in [-0.4, -0.2) is 52.4 Å². The van der Waals surface area contributed by atoms with Gasteiger partial charge in [0.2, 0.25) is 0 Å². The van der Waals surface area contributed by atoms with Gasteiger partial charge >= 0.3 is 12.6 Å². The summed E-state index contributed by atoms with van der Waals surface area (Å²) < 4.78 is 48.2. The van der Waals surface area contributed by atoms with E-state index in [-0.39, 0.29) is 35.7 Å². The number of ether oxygens (including phenoxy) is 1. The van der Waals surface area contributed by atoms with Crippen molar-refractivity contribution in [3.05, 3.63) is 95.3 Å². The smallest absolute Gasteiger partial charge is 0.320 e. The van der Waals surface area contributed by atoms with E-state index in [4.69, 9.17) is 14.7 Å². The predicted molar refractivity (Wildman–Crippen MR) is 146 cm³/mol. The molecule has 1 fully saturated rings. The second-order valence-corrected chi connectivity index (χ2v) is 10.1. The number of likely N-dealkylation sites (tertiary alicyclic amines) is 1. The van der Waals surface area contributed by atoms with Crippen molar-refractivity contribution in [1.29, 1.82) is 0 Å². The van der Waals surface area contributed by atoms with E-state index >= 15 is 0 Å². The number of anilines is 1. The first-order valence-electron chi connectivity index (χ1n) is 13.2. The van der Waals surface area contributed by atoms with Crippen LogP contribution in [0.3, 0.4) is 0 Å². The highest BCUT2D eigenvalue weighted by Crippen LogP contribution is 2.33. The third kappa shape index (κ3) is 5.48. The van der Waals surface area contributed by atoms with Crippen LogP contribution in [0.25, 0.3) is 0 Å². The minimum Gasteiger partial charge on any atom is -0.460 e. The fourth-order valence-corrected chi connectivity index (χ4v) is 5.17. The zero-order valence-corrected chi connectivity index (χ0v) is 22.3. The van der Waals surface area contributed by atoms with Crippen molar-refractivity contribution in [2.75, 3.05) is 18.0 Å². The third-order valence-electron chi connectivity index (χ3n) is 7.56. The van der Waals surface area contributed by atoms with Gasteiger partial charge < -0.3 is 9.64 Å². The van der Waals surface area contributed by atoms with Crippen LogP contribution in [0.5, 0.6) is 6.01 Å². The molecule has 0 saturated carbocycles. The van der Waals surface area contributed by atoms with Crippen LogP contribution in [0.4, 0.5) is 18.9 Å². The first kappa shape index (κ1) is 26.7. The molecule has 6 nitrogen and oxygen atoms in total. The number of benzene rings is 2. The number of aromatic nitrogens is 2. The molecule has 0 N–H and O–H groups in total. The van der Waals surface area contributed by atoms with Gasteiger partial charge in [-0.25, -0.2) is 9.37 Å². The summed E-state index contributed by atoms with van der Waals surface area (Å²) in [5.74, 6) is -0.0159. The highest BCUT2D eigenvalue weighted by molar-refractivity contribution is 6.14. The summed E-state index contributed by atoms with van der Waals surface area (Å²) in [6.45, 7) is 8.21. The molecule has 2 atom stereocenters. The minimum atomic E-state index is -2.71. The molecule has 0 aliphatic carbocycles. The lowest BCUT2D eigenvalue weighted by molar-refractivity contribution is 0.0945. The summed E-state index contributed by atoms with van der Waals surface area (Å²) in [4.78, 5) is 16.9. The highest BCUT2D eigenvalue weighted by atomic mass is 19.3. The number of hydrogen-bond acceptors (Lipinski definition) is 6. The predicted octanol–water partition coefficient (Wildman–Crippen LogP) is 6.31. The molecule has 2 aliphatic heterocycles. The molecule has 3 heterocycles. The SMILES string of the molecule is C=C(N1CCC(Oc2ncc3c(n2)C(C)C(C)N=C3c2cccc(F)c2)CC1)N(c1ccccc1C)C(F)F. The molecule has 39 heavy (non-hydrogen) atoms. The number of hydrogen-bond donors (Lipinski definition) is 0. The van der Waals surface area contributed by atoms with Gasteiger partial charge in [0.25, 0.3) is 0 Å². The van der Waals surface area contributed by atoms with Crippen LogP contribution in [0.15, 0.2) is 72.1 Å². The van der Waals surface area contributed by atoms with E-state index in [1.54, 1.807) is 24.4 Å².